The second-order valence-electron chi connectivity index (χ2n) is 4.49. The predicted molar refractivity (Wildman–Crippen MR) is 79.5 cm³/mol. The minimum Gasteiger partial charge on any atom is -0.0761 e. The largest absolute Gasteiger partial charge is 0.0761 e. The Bertz CT molecular complexity index is 438. The van der Waals surface area contributed by atoms with E-state index in [4.69, 9.17) is 0 Å². The maximum Gasteiger partial charge on any atom is -0.0151 e. The molecule has 0 aromatic heterocycles. The lowest BCUT2D eigenvalue weighted by molar-refractivity contribution is 0.815. The molecule has 0 bridgehead atoms. The van der Waals surface area contributed by atoms with Crippen LogP contribution in [-0.4, -0.2) is 0 Å². The average Bonchev–Trinajstić information content (AvgIpc) is 2.46. The van der Waals surface area contributed by atoms with E-state index in [1.807, 2.05) is 0 Å². The van der Waals surface area contributed by atoms with E-state index in [0.717, 1.165) is 6.42 Å². The van der Waals surface area contributed by atoms with Crippen molar-refractivity contribution in [1.29, 1.82) is 0 Å². The van der Waals surface area contributed by atoms with Crippen molar-refractivity contribution >= 4 is 5.57 Å². The fourth-order valence-corrected chi connectivity index (χ4v) is 2.09. The van der Waals surface area contributed by atoms with Crippen LogP contribution in [0, 0.1) is 0 Å². The molecule has 18 heavy (non-hydrogen) atoms. The lowest BCUT2D eigenvalue weighted by atomic mass is 9.96. The standard InChI is InChI=1S/C18H20/c1-2-3-6-15-18(16-11-7-4-8-12-16)17-13-9-5-10-14-17/h4-5,7-15H,2-3,6H2,1H3. The van der Waals surface area contributed by atoms with Gasteiger partial charge in [0, 0.05) is 0 Å². The van der Waals surface area contributed by atoms with Crippen LogP contribution >= 0.6 is 0 Å². The highest BCUT2D eigenvalue weighted by atomic mass is 14.1. The lowest BCUT2D eigenvalue weighted by Gasteiger charge is -2.08. The van der Waals surface area contributed by atoms with Crippen molar-refractivity contribution in [2.24, 2.45) is 0 Å². The highest BCUT2D eigenvalue weighted by molar-refractivity contribution is 5.79. The van der Waals surface area contributed by atoms with Crippen LogP contribution in [0.25, 0.3) is 5.57 Å². The number of benzene rings is 2. The average molecular weight is 236 g/mol. The summed E-state index contributed by atoms with van der Waals surface area (Å²) < 4.78 is 0. The van der Waals surface area contributed by atoms with Crippen LogP contribution in [0.5, 0.6) is 0 Å². The molecule has 0 nitrogen and oxygen atoms in total. The zero-order valence-electron chi connectivity index (χ0n) is 11.0. The van der Waals surface area contributed by atoms with Crippen molar-refractivity contribution in [1.82, 2.24) is 0 Å². The molecule has 0 N–H and O–H groups in total. The normalized spacial score (nSPS) is 10.1. The Morgan fingerprint density at radius 1 is 0.833 bits per heavy atom. The van der Waals surface area contributed by atoms with Crippen LogP contribution in [0.15, 0.2) is 66.7 Å². The molecule has 0 saturated heterocycles. The van der Waals surface area contributed by atoms with Crippen LogP contribution < -0.4 is 0 Å². The molecule has 0 saturated carbocycles. The van der Waals surface area contributed by atoms with E-state index >= 15 is 0 Å². The molecule has 0 radical (unpaired) electrons. The third kappa shape index (κ3) is 3.33. The summed E-state index contributed by atoms with van der Waals surface area (Å²) in [6, 6.07) is 21.3. The number of rotatable bonds is 5. The quantitative estimate of drug-likeness (QED) is 0.617. The summed E-state index contributed by atoms with van der Waals surface area (Å²) in [4.78, 5) is 0. The van der Waals surface area contributed by atoms with Crippen molar-refractivity contribution < 1.29 is 0 Å². The Balaban J connectivity index is 2.33. The molecule has 2 aromatic carbocycles. The minimum absolute atomic E-state index is 1.15. The van der Waals surface area contributed by atoms with Crippen LogP contribution in [0.1, 0.15) is 37.3 Å². The van der Waals surface area contributed by atoms with Gasteiger partial charge in [-0.3, -0.25) is 0 Å². The summed E-state index contributed by atoms with van der Waals surface area (Å²) in [5.41, 5.74) is 3.96. The fraction of sp³-hybridized carbons (Fsp3) is 0.222. The highest BCUT2D eigenvalue weighted by Crippen LogP contribution is 2.24. The monoisotopic (exact) mass is 236 g/mol. The predicted octanol–water partition coefficient (Wildman–Crippen LogP) is 5.31. The molecule has 0 unspecified atom stereocenters. The Hall–Kier alpha value is -1.82. The SMILES string of the molecule is CCCCC=C(c1ccccc1)c1ccccc1. The molecule has 2 rings (SSSR count). The van der Waals surface area contributed by atoms with Gasteiger partial charge in [-0.05, 0) is 23.1 Å². The maximum absolute atomic E-state index is 2.37. The van der Waals surface area contributed by atoms with E-state index in [2.05, 4.69) is 73.7 Å². The number of allylic oxidation sites excluding steroid dienone is 1. The first-order valence-electron chi connectivity index (χ1n) is 6.73. The van der Waals surface area contributed by atoms with Crippen LogP contribution in [0.4, 0.5) is 0 Å². The van der Waals surface area contributed by atoms with Crippen LogP contribution in [0.3, 0.4) is 0 Å². The van der Waals surface area contributed by atoms with Gasteiger partial charge in [0.05, 0.1) is 0 Å². The van der Waals surface area contributed by atoms with E-state index < -0.39 is 0 Å². The zero-order valence-corrected chi connectivity index (χ0v) is 11.0. The summed E-state index contributed by atoms with van der Waals surface area (Å²) in [6.07, 6.45) is 6.01. The second-order valence-corrected chi connectivity index (χ2v) is 4.49. The van der Waals surface area contributed by atoms with Gasteiger partial charge in [0.25, 0.3) is 0 Å². The van der Waals surface area contributed by atoms with Gasteiger partial charge in [-0.25, -0.2) is 0 Å². The molecule has 0 fully saturated rings. The van der Waals surface area contributed by atoms with Gasteiger partial charge in [0.1, 0.15) is 0 Å². The Morgan fingerprint density at radius 3 is 1.78 bits per heavy atom. The first-order chi connectivity index (χ1) is 8.92. The van der Waals surface area contributed by atoms with E-state index in [0.29, 0.717) is 0 Å². The smallest absolute Gasteiger partial charge is 0.0151 e. The summed E-state index contributed by atoms with van der Waals surface area (Å²) >= 11 is 0. The van der Waals surface area contributed by atoms with Crippen molar-refractivity contribution in [2.45, 2.75) is 26.2 Å². The van der Waals surface area contributed by atoms with E-state index in [1.165, 1.54) is 29.5 Å². The molecule has 0 heterocycles. The first kappa shape index (κ1) is 12.6. The van der Waals surface area contributed by atoms with Gasteiger partial charge in [0.2, 0.25) is 0 Å². The number of unbranched alkanes of at least 4 members (excludes halogenated alkanes) is 2. The fourth-order valence-electron chi connectivity index (χ4n) is 2.09. The minimum atomic E-state index is 1.15. The zero-order chi connectivity index (χ0) is 12.6. The summed E-state index contributed by atoms with van der Waals surface area (Å²) in [5.74, 6) is 0. The molecule has 0 aliphatic heterocycles. The molecule has 0 aliphatic carbocycles. The molecule has 92 valence electrons. The molecule has 2 aromatic rings. The topological polar surface area (TPSA) is 0 Å². The van der Waals surface area contributed by atoms with Gasteiger partial charge in [-0.2, -0.15) is 0 Å². The van der Waals surface area contributed by atoms with Gasteiger partial charge in [-0.1, -0.05) is 86.5 Å². The molecule has 0 atom stereocenters. The lowest BCUT2D eigenvalue weighted by Crippen LogP contribution is -1.87. The summed E-state index contributed by atoms with van der Waals surface area (Å²) in [6.45, 7) is 2.23. The molecule has 0 aliphatic rings. The first-order valence-corrected chi connectivity index (χ1v) is 6.73. The molecular weight excluding hydrogens is 216 g/mol. The molecular formula is C18H20. The Labute approximate surface area is 110 Å². The number of hydrogen-bond donors (Lipinski definition) is 0. The van der Waals surface area contributed by atoms with E-state index in [-0.39, 0.29) is 0 Å². The van der Waals surface area contributed by atoms with Gasteiger partial charge in [0.15, 0.2) is 0 Å². The van der Waals surface area contributed by atoms with Crippen molar-refractivity contribution in [2.75, 3.05) is 0 Å². The maximum atomic E-state index is 2.37. The van der Waals surface area contributed by atoms with Gasteiger partial charge in [-0.15, -0.1) is 0 Å². The highest BCUT2D eigenvalue weighted by Gasteiger charge is 2.03. The van der Waals surface area contributed by atoms with Gasteiger partial charge < -0.3 is 0 Å². The summed E-state index contributed by atoms with van der Waals surface area (Å²) in [5, 5.41) is 0. The Morgan fingerprint density at radius 2 is 1.33 bits per heavy atom. The van der Waals surface area contributed by atoms with E-state index in [1.54, 1.807) is 0 Å². The molecule has 0 heteroatoms. The second kappa shape index (κ2) is 6.80. The summed E-state index contributed by atoms with van der Waals surface area (Å²) in [7, 11) is 0. The molecule has 0 amide bonds. The molecule has 0 spiro atoms. The van der Waals surface area contributed by atoms with Gasteiger partial charge >= 0.3 is 0 Å². The number of hydrogen-bond acceptors (Lipinski definition) is 0. The third-order valence-electron chi connectivity index (χ3n) is 3.08. The van der Waals surface area contributed by atoms with Crippen molar-refractivity contribution in [3.63, 3.8) is 0 Å². The third-order valence-corrected chi connectivity index (χ3v) is 3.08. The van der Waals surface area contributed by atoms with Crippen molar-refractivity contribution in [3.8, 4) is 0 Å². The van der Waals surface area contributed by atoms with Crippen LogP contribution in [-0.2, 0) is 0 Å². The van der Waals surface area contributed by atoms with Crippen molar-refractivity contribution in [3.05, 3.63) is 77.9 Å². The van der Waals surface area contributed by atoms with E-state index in [9.17, 15) is 0 Å². The van der Waals surface area contributed by atoms with Crippen LogP contribution in [0.2, 0.25) is 0 Å². The Kier molecular flexibility index (Phi) is 4.78.